The summed E-state index contributed by atoms with van der Waals surface area (Å²) in [5.41, 5.74) is 2.37. The third-order valence-electron chi connectivity index (χ3n) is 5.33. The average molecular weight is 502 g/mol. The molecule has 2 N–H and O–H groups in total. The monoisotopic (exact) mass is 502 g/mol. The highest BCUT2D eigenvalue weighted by molar-refractivity contribution is 14.0. The van der Waals surface area contributed by atoms with Crippen molar-refractivity contribution in [2.45, 2.75) is 49.8 Å². The van der Waals surface area contributed by atoms with E-state index in [9.17, 15) is 4.79 Å². The fourth-order valence-corrected chi connectivity index (χ4v) is 4.65. The number of carbonyl (C=O) groups excluding carboxylic acids is 1. The summed E-state index contributed by atoms with van der Waals surface area (Å²) in [5, 5.41) is 7.64. The maximum atomic E-state index is 12.5. The molecule has 5 nitrogen and oxygen atoms in total. The number of amides is 1. The van der Waals surface area contributed by atoms with Crippen LogP contribution in [-0.4, -0.2) is 49.6 Å². The Balaban J connectivity index is 0.00000261. The van der Waals surface area contributed by atoms with Gasteiger partial charge in [-0.1, -0.05) is 18.2 Å². The smallest absolute Gasteiger partial charge is 0.227 e. The standard InChI is InChI=1S/C20H30N4OS.HI/c1-21-20(23-16-9-10-17(14-16)26-2)22-12-5-8-19(25)24-13-11-15-6-3-4-7-18(15)24;/h3-4,6-7,16-17H,5,8-14H2,1-2H3,(H2,21,22,23);1H. The largest absolute Gasteiger partial charge is 0.356 e. The van der Waals surface area contributed by atoms with E-state index in [4.69, 9.17) is 0 Å². The van der Waals surface area contributed by atoms with Crippen LogP contribution in [0.3, 0.4) is 0 Å². The SMILES string of the molecule is CN=C(NCCCC(=O)N1CCc2ccccc21)NC1CCC(SC)C1.I. The Morgan fingerprint density at radius 2 is 2.15 bits per heavy atom. The summed E-state index contributed by atoms with van der Waals surface area (Å²) < 4.78 is 0. The van der Waals surface area contributed by atoms with Gasteiger partial charge in [-0.15, -0.1) is 24.0 Å². The van der Waals surface area contributed by atoms with Crippen molar-refractivity contribution in [1.29, 1.82) is 0 Å². The minimum Gasteiger partial charge on any atom is -0.356 e. The Kier molecular flexibility index (Phi) is 9.21. The topological polar surface area (TPSA) is 56.7 Å². The lowest BCUT2D eigenvalue weighted by molar-refractivity contribution is -0.118. The van der Waals surface area contributed by atoms with Crippen molar-refractivity contribution in [3.8, 4) is 0 Å². The summed E-state index contributed by atoms with van der Waals surface area (Å²) in [5.74, 6) is 1.08. The van der Waals surface area contributed by atoms with E-state index in [1.54, 1.807) is 0 Å². The van der Waals surface area contributed by atoms with Crippen LogP contribution in [0.5, 0.6) is 0 Å². The molecule has 0 bridgehead atoms. The first-order valence-electron chi connectivity index (χ1n) is 9.59. The van der Waals surface area contributed by atoms with Crippen LogP contribution < -0.4 is 15.5 Å². The summed E-state index contributed by atoms with van der Waals surface area (Å²) in [6.45, 7) is 1.58. The second kappa shape index (κ2) is 11.1. The zero-order valence-corrected chi connectivity index (χ0v) is 19.4. The molecule has 0 aromatic heterocycles. The van der Waals surface area contributed by atoms with Gasteiger partial charge in [-0.2, -0.15) is 11.8 Å². The van der Waals surface area contributed by atoms with Crippen LogP contribution in [0.1, 0.15) is 37.7 Å². The Labute approximate surface area is 184 Å². The lowest BCUT2D eigenvalue weighted by atomic mass is 10.2. The van der Waals surface area contributed by atoms with E-state index in [0.29, 0.717) is 12.5 Å². The molecule has 150 valence electrons. The summed E-state index contributed by atoms with van der Waals surface area (Å²) in [7, 11) is 1.81. The maximum Gasteiger partial charge on any atom is 0.227 e. The molecule has 1 saturated carbocycles. The van der Waals surface area contributed by atoms with Gasteiger partial charge in [0.05, 0.1) is 0 Å². The van der Waals surface area contributed by atoms with Gasteiger partial charge in [0.2, 0.25) is 5.91 Å². The summed E-state index contributed by atoms with van der Waals surface area (Å²) >= 11 is 1.96. The van der Waals surface area contributed by atoms with Crippen molar-refractivity contribution in [1.82, 2.24) is 10.6 Å². The van der Waals surface area contributed by atoms with Gasteiger partial charge in [-0.25, -0.2) is 0 Å². The molecule has 7 heteroatoms. The zero-order valence-electron chi connectivity index (χ0n) is 16.2. The number of para-hydroxylation sites is 1. The van der Waals surface area contributed by atoms with Crippen molar-refractivity contribution in [2.24, 2.45) is 4.99 Å². The molecule has 0 saturated heterocycles. The quantitative estimate of drug-likeness (QED) is 0.271. The summed E-state index contributed by atoms with van der Waals surface area (Å²) in [6, 6.07) is 8.73. The molecule has 1 aromatic rings. The number of rotatable bonds is 6. The second-order valence-corrected chi connectivity index (χ2v) is 8.18. The first-order valence-corrected chi connectivity index (χ1v) is 10.9. The predicted molar refractivity (Wildman–Crippen MR) is 127 cm³/mol. The number of hydrogen-bond donors (Lipinski definition) is 2. The van der Waals surface area contributed by atoms with Crippen LogP contribution in [0.4, 0.5) is 5.69 Å². The van der Waals surface area contributed by atoms with Crippen LogP contribution in [0, 0.1) is 0 Å². The third-order valence-corrected chi connectivity index (χ3v) is 6.43. The predicted octanol–water partition coefficient (Wildman–Crippen LogP) is 3.42. The molecule has 2 aliphatic rings. The molecule has 1 aliphatic carbocycles. The Morgan fingerprint density at radius 3 is 2.89 bits per heavy atom. The Bertz CT molecular complexity index is 655. The highest BCUT2D eigenvalue weighted by Gasteiger charge is 2.25. The van der Waals surface area contributed by atoms with E-state index in [-0.39, 0.29) is 29.9 Å². The van der Waals surface area contributed by atoms with E-state index < -0.39 is 0 Å². The number of hydrogen-bond acceptors (Lipinski definition) is 3. The maximum absolute atomic E-state index is 12.5. The number of benzene rings is 1. The van der Waals surface area contributed by atoms with E-state index in [0.717, 1.165) is 42.8 Å². The zero-order chi connectivity index (χ0) is 18.4. The lowest BCUT2D eigenvalue weighted by Gasteiger charge is -2.19. The molecule has 0 spiro atoms. The molecule has 27 heavy (non-hydrogen) atoms. The van der Waals surface area contributed by atoms with E-state index >= 15 is 0 Å². The average Bonchev–Trinajstić information content (AvgIpc) is 3.30. The van der Waals surface area contributed by atoms with E-state index in [1.807, 2.05) is 41.9 Å². The van der Waals surface area contributed by atoms with Crippen molar-refractivity contribution in [3.63, 3.8) is 0 Å². The first kappa shape index (κ1) is 22.3. The van der Waals surface area contributed by atoms with Crippen molar-refractivity contribution < 1.29 is 4.79 Å². The van der Waals surface area contributed by atoms with Crippen LogP contribution in [0.15, 0.2) is 29.3 Å². The Morgan fingerprint density at radius 1 is 1.33 bits per heavy atom. The van der Waals surface area contributed by atoms with Gasteiger partial charge in [-0.3, -0.25) is 9.79 Å². The van der Waals surface area contributed by atoms with Crippen LogP contribution in [0.25, 0.3) is 0 Å². The molecule has 1 aliphatic heterocycles. The van der Waals surface area contributed by atoms with Crippen LogP contribution >= 0.6 is 35.7 Å². The second-order valence-electron chi connectivity index (χ2n) is 7.04. The first-order chi connectivity index (χ1) is 12.7. The number of guanidine groups is 1. The van der Waals surface area contributed by atoms with Gasteiger partial charge in [-0.05, 0) is 50.0 Å². The molecule has 0 radical (unpaired) electrons. The van der Waals surface area contributed by atoms with E-state index in [2.05, 4.69) is 27.9 Å². The normalized spacial score (nSPS) is 21.6. The summed E-state index contributed by atoms with van der Waals surface area (Å²) in [4.78, 5) is 18.8. The molecule has 1 heterocycles. The van der Waals surface area contributed by atoms with Gasteiger partial charge in [0, 0.05) is 43.5 Å². The van der Waals surface area contributed by atoms with Gasteiger partial charge >= 0.3 is 0 Å². The van der Waals surface area contributed by atoms with E-state index in [1.165, 1.54) is 24.8 Å². The number of anilines is 1. The number of nitrogens with zero attached hydrogens (tertiary/aromatic N) is 2. The number of fused-ring (bicyclic) bond motifs is 1. The highest BCUT2D eigenvalue weighted by atomic mass is 127. The van der Waals surface area contributed by atoms with Crippen LogP contribution in [0.2, 0.25) is 0 Å². The minimum absolute atomic E-state index is 0. The van der Waals surface area contributed by atoms with Crippen LogP contribution in [-0.2, 0) is 11.2 Å². The number of thioether (sulfide) groups is 1. The van der Waals surface area contributed by atoms with Gasteiger partial charge < -0.3 is 15.5 Å². The number of nitrogens with one attached hydrogen (secondary N) is 2. The molecule has 1 amide bonds. The molecule has 2 atom stereocenters. The fraction of sp³-hybridized carbons (Fsp3) is 0.600. The third kappa shape index (κ3) is 6.01. The fourth-order valence-electron chi connectivity index (χ4n) is 3.85. The van der Waals surface area contributed by atoms with Crippen molar-refractivity contribution in [3.05, 3.63) is 29.8 Å². The van der Waals surface area contributed by atoms with Crippen molar-refractivity contribution in [2.75, 3.05) is 31.3 Å². The Hall–Kier alpha value is -0.960. The number of halogens is 1. The molecule has 3 rings (SSSR count). The molecular formula is C20H31IN4OS. The number of carbonyl (C=O) groups is 1. The molecular weight excluding hydrogens is 471 g/mol. The molecule has 1 aromatic carbocycles. The molecule has 1 fully saturated rings. The van der Waals surface area contributed by atoms with Gasteiger partial charge in [0.25, 0.3) is 0 Å². The highest BCUT2D eigenvalue weighted by Crippen LogP contribution is 2.28. The molecule has 2 unspecified atom stereocenters. The van der Waals surface area contributed by atoms with Gasteiger partial charge in [0.15, 0.2) is 5.96 Å². The number of aliphatic imine (C=N–C) groups is 1. The minimum atomic E-state index is 0. The lowest BCUT2D eigenvalue weighted by Crippen LogP contribution is -2.43. The summed E-state index contributed by atoms with van der Waals surface area (Å²) in [6.07, 6.45) is 8.23. The van der Waals surface area contributed by atoms with Crippen molar-refractivity contribution >= 4 is 53.3 Å². The van der Waals surface area contributed by atoms with Gasteiger partial charge in [0.1, 0.15) is 0 Å².